The van der Waals surface area contributed by atoms with Crippen LogP contribution < -0.4 is 0 Å². The van der Waals surface area contributed by atoms with Crippen LogP contribution >= 0.6 is 0 Å². The third-order valence-corrected chi connectivity index (χ3v) is 5.32. The van der Waals surface area contributed by atoms with E-state index in [9.17, 15) is 14.4 Å². The number of Topliss-reactive ketones (excluding diaryl/α,β-unsaturated/α-hetero) is 2. The van der Waals surface area contributed by atoms with E-state index in [1.54, 1.807) is 20.8 Å². The molecule has 0 aliphatic rings. The SMILES string of the molecule is CC[C@H](C)[C@H](C(=O)O[C@@H](C)C(=O)c1[nH]c(C)c(C(C)=O)c1C)c1ccccc1. The maximum Gasteiger partial charge on any atom is 0.314 e. The molecule has 0 aliphatic carbocycles. The molecule has 0 unspecified atom stereocenters. The van der Waals surface area contributed by atoms with E-state index in [1.807, 2.05) is 44.2 Å². The lowest BCUT2D eigenvalue weighted by atomic mass is 9.85. The number of benzene rings is 1. The zero-order valence-electron chi connectivity index (χ0n) is 17.5. The number of esters is 1. The Balaban J connectivity index is 2.24. The molecule has 1 aromatic carbocycles. The Morgan fingerprint density at radius 1 is 1.07 bits per heavy atom. The van der Waals surface area contributed by atoms with Crippen molar-refractivity contribution in [3.63, 3.8) is 0 Å². The minimum absolute atomic E-state index is 0.0796. The van der Waals surface area contributed by atoms with Crippen LogP contribution in [0.5, 0.6) is 0 Å². The number of hydrogen-bond acceptors (Lipinski definition) is 4. The fraction of sp³-hybridized carbons (Fsp3) is 0.435. The molecule has 1 aromatic heterocycles. The van der Waals surface area contributed by atoms with Gasteiger partial charge in [0, 0.05) is 11.3 Å². The van der Waals surface area contributed by atoms with Gasteiger partial charge in [-0.05, 0) is 44.7 Å². The van der Waals surface area contributed by atoms with E-state index < -0.39 is 18.0 Å². The highest BCUT2D eigenvalue weighted by atomic mass is 16.5. The van der Waals surface area contributed by atoms with Crippen molar-refractivity contribution in [3.8, 4) is 0 Å². The number of carbonyl (C=O) groups is 3. The van der Waals surface area contributed by atoms with Crippen molar-refractivity contribution in [2.24, 2.45) is 5.92 Å². The standard InChI is InChI=1S/C23H29NO4/c1-7-13(2)19(18-11-9-8-10-12-18)23(27)28-17(6)22(26)21-14(3)20(16(5)25)15(4)24-21/h8-13,17,19,24H,7H2,1-6H3/t13-,17-,19-/m0/s1. The number of ether oxygens (including phenoxy) is 1. The number of hydrogen-bond donors (Lipinski definition) is 1. The van der Waals surface area contributed by atoms with Crippen molar-refractivity contribution in [3.05, 3.63) is 58.4 Å². The molecule has 0 saturated heterocycles. The molecule has 1 heterocycles. The summed E-state index contributed by atoms with van der Waals surface area (Å²) < 4.78 is 5.58. The number of aryl methyl sites for hydroxylation is 1. The number of nitrogens with one attached hydrogen (secondary N) is 1. The fourth-order valence-electron chi connectivity index (χ4n) is 3.62. The number of aromatic nitrogens is 1. The molecular formula is C23H29NO4. The van der Waals surface area contributed by atoms with E-state index in [-0.39, 0.29) is 17.5 Å². The third-order valence-electron chi connectivity index (χ3n) is 5.32. The van der Waals surface area contributed by atoms with Crippen LogP contribution in [0.1, 0.15) is 77.7 Å². The Labute approximate surface area is 166 Å². The van der Waals surface area contributed by atoms with Crippen LogP contribution in [0.3, 0.4) is 0 Å². The van der Waals surface area contributed by atoms with Crippen LogP contribution in [0.4, 0.5) is 0 Å². The highest BCUT2D eigenvalue weighted by Crippen LogP contribution is 2.29. The first-order valence-electron chi connectivity index (χ1n) is 9.68. The van der Waals surface area contributed by atoms with E-state index in [0.717, 1.165) is 12.0 Å². The molecule has 0 aliphatic heterocycles. The van der Waals surface area contributed by atoms with Crippen LogP contribution in [0.2, 0.25) is 0 Å². The van der Waals surface area contributed by atoms with Crippen molar-refractivity contribution in [2.75, 3.05) is 0 Å². The average Bonchev–Trinajstić information content (AvgIpc) is 2.96. The second-order valence-corrected chi connectivity index (χ2v) is 7.40. The first-order valence-corrected chi connectivity index (χ1v) is 9.68. The predicted octanol–water partition coefficient (Wildman–Crippen LogP) is 4.78. The molecule has 150 valence electrons. The Hall–Kier alpha value is -2.69. The molecule has 0 spiro atoms. The van der Waals surface area contributed by atoms with Gasteiger partial charge in [0.1, 0.15) is 0 Å². The van der Waals surface area contributed by atoms with E-state index >= 15 is 0 Å². The van der Waals surface area contributed by atoms with Gasteiger partial charge in [0.05, 0.1) is 11.6 Å². The van der Waals surface area contributed by atoms with Crippen LogP contribution in [0.15, 0.2) is 30.3 Å². The molecule has 0 fully saturated rings. The molecule has 2 rings (SSSR count). The molecule has 0 saturated carbocycles. The summed E-state index contributed by atoms with van der Waals surface area (Å²) in [5.41, 5.74) is 2.96. The largest absolute Gasteiger partial charge is 0.454 e. The van der Waals surface area contributed by atoms with E-state index in [2.05, 4.69) is 4.98 Å². The number of aromatic amines is 1. The van der Waals surface area contributed by atoms with Gasteiger partial charge in [0.2, 0.25) is 5.78 Å². The van der Waals surface area contributed by atoms with Gasteiger partial charge in [0.15, 0.2) is 11.9 Å². The molecule has 0 bridgehead atoms. The summed E-state index contributed by atoms with van der Waals surface area (Å²) in [4.78, 5) is 40.6. The minimum Gasteiger partial charge on any atom is -0.454 e. The number of rotatable bonds is 8. The van der Waals surface area contributed by atoms with Crippen LogP contribution in [0.25, 0.3) is 0 Å². The molecule has 3 atom stereocenters. The second kappa shape index (κ2) is 9.00. The van der Waals surface area contributed by atoms with Gasteiger partial charge >= 0.3 is 5.97 Å². The molecule has 5 nitrogen and oxygen atoms in total. The summed E-state index contributed by atoms with van der Waals surface area (Å²) in [6.07, 6.45) is -0.132. The van der Waals surface area contributed by atoms with Crippen molar-refractivity contribution in [2.45, 2.75) is 60.0 Å². The van der Waals surface area contributed by atoms with Gasteiger partial charge in [-0.25, -0.2) is 0 Å². The average molecular weight is 383 g/mol. The molecule has 28 heavy (non-hydrogen) atoms. The van der Waals surface area contributed by atoms with Crippen molar-refractivity contribution >= 4 is 17.5 Å². The number of H-pyrrole nitrogens is 1. The summed E-state index contributed by atoms with van der Waals surface area (Å²) in [7, 11) is 0. The molecule has 0 amide bonds. The molecule has 5 heteroatoms. The maximum absolute atomic E-state index is 12.9. The van der Waals surface area contributed by atoms with Crippen molar-refractivity contribution in [1.82, 2.24) is 4.98 Å². The second-order valence-electron chi connectivity index (χ2n) is 7.40. The summed E-state index contributed by atoms with van der Waals surface area (Å²) in [6.45, 7) is 10.6. The van der Waals surface area contributed by atoms with E-state index in [1.165, 1.54) is 6.92 Å². The third kappa shape index (κ3) is 4.41. The number of ketones is 2. The summed E-state index contributed by atoms with van der Waals surface area (Å²) in [6, 6.07) is 9.49. The smallest absolute Gasteiger partial charge is 0.314 e. The van der Waals surface area contributed by atoms with E-state index in [0.29, 0.717) is 22.5 Å². The van der Waals surface area contributed by atoms with Crippen LogP contribution in [0, 0.1) is 19.8 Å². The van der Waals surface area contributed by atoms with Gasteiger partial charge in [-0.15, -0.1) is 0 Å². The van der Waals surface area contributed by atoms with Crippen LogP contribution in [-0.2, 0) is 9.53 Å². The van der Waals surface area contributed by atoms with Crippen molar-refractivity contribution in [1.29, 1.82) is 0 Å². The first kappa shape index (κ1) is 21.6. The zero-order chi connectivity index (χ0) is 21.0. The van der Waals surface area contributed by atoms with E-state index in [4.69, 9.17) is 4.74 Å². The van der Waals surface area contributed by atoms with Gasteiger partial charge in [-0.1, -0.05) is 50.6 Å². The number of carbonyl (C=O) groups excluding carboxylic acids is 3. The predicted molar refractivity (Wildman–Crippen MR) is 109 cm³/mol. The lowest BCUT2D eigenvalue weighted by Gasteiger charge is -2.23. The molecular weight excluding hydrogens is 354 g/mol. The molecule has 0 radical (unpaired) electrons. The van der Waals surface area contributed by atoms with Crippen LogP contribution in [-0.4, -0.2) is 28.6 Å². The quantitative estimate of drug-likeness (QED) is 0.526. The minimum atomic E-state index is -0.945. The Morgan fingerprint density at radius 3 is 2.18 bits per heavy atom. The highest BCUT2D eigenvalue weighted by molar-refractivity contribution is 6.05. The Bertz CT molecular complexity index is 866. The normalized spacial score (nSPS) is 14.2. The van der Waals surface area contributed by atoms with Crippen molar-refractivity contribution < 1.29 is 19.1 Å². The lowest BCUT2D eigenvalue weighted by Crippen LogP contribution is -2.30. The van der Waals surface area contributed by atoms with Gasteiger partial charge in [-0.2, -0.15) is 0 Å². The fourth-order valence-corrected chi connectivity index (χ4v) is 3.62. The van der Waals surface area contributed by atoms with Gasteiger partial charge in [-0.3, -0.25) is 14.4 Å². The Kier molecular flexibility index (Phi) is 6.95. The highest BCUT2D eigenvalue weighted by Gasteiger charge is 2.31. The molecule has 1 N–H and O–H groups in total. The topological polar surface area (TPSA) is 76.2 Å². The van der Waals surface area contributed by atoms with Gasteiger partial charge in [0.25, 0.3) is 0 Å². The summed E-state index contributed by atoms with van der Waals surface area (Å²) in [5.74, 6) is -1.20. The molecule has 2 aromatic rings. The van der Waals surface area contributed by atoms with Gasteiger partial charge < -0.3 is 9.72 Å². The zero-order valence-corrected chi connectivity index (χ0v) is 17.5. The summed E-state index contributed by atoms with van der Waals surface area (Å²) >= 11 is 0. The first-order chi connectivity index (χ1) is 13.2. The summed E-state index contributed by atoms with van der Waals surface area (Å²) in [5, 5.41) is 0. The Morgan fingerprint density at radius 2 is 1.68 bits per heavy atom. The monoisotopic (exact) mass is 383 g/mol. The maximum atomic E-state index is 12.9. The lowest BCUT2D eigenvalue weighted by molar-refractivity contribution is -0.149.